The third-order valence-electron chi connectivity index (χ3n) is 6.88. The van der Waals surface area contributed by atoms with Gasteiger partial charge in [0, 0.05) is 10.8 Å². The van der Waals surface area contributed by atoms with E-state index in [-0.39, 0.29) is 10.7 Å². The Hall–Kier alpha value is -4.03. The molecule has 3 aromatic carbocycles. The Kier molecular flexibility index (Phi) is 8.81. The van der Waals surface area contributed by atoms with Crippen LogP contribution >= 0.6 is 46.0 Å². The van der Waals surface area contributed by atoms with E-state index in [2.05, 4.69) is 15.2 Å². The minimum absolute atomic E-state index is 0.0229. The fraction of sp³-hybridized carbons (Fsp3) is 0.156. The van der Waals surface area contributed by atoms with Crippen LogP contribution in [0.5, 0.6) is 5.75 Å². The molecule has 0 saturated heterocycles. The molecule has 44 heavy (non-hydrogen) atoms. The molecule has 6 rings (SSSR count). The fourth-order valence-corrected chi connectivity index (χ4v) is 7.61. The maximum atomic E-state index is 13.9. The Morgan fingerprint density at radius 1 is 0.977 bits per heavy atom. The Labute approximate surface area is 271 Å². The summed E-state index contributed by atoms with van der Waals surface area (Å²) in [6.45, 7) is 3.94. The van der Waals surface area contributed by atoms with Crippen LogP contribution in [0.25, 0.3) is 0 Å². The van der Waals surface area contributed by atoms with Crippen LogP contribution in [-0.4, -0.2) is 32.0 Å². The highest BCUT2D eigenvalue weighted by atomic mass is 35.5. The molecule has 1 unspecified atom stereocenters. The van der Waals surface area contributed by atoms with Crippen LogP contribution in [0.4, 0.5) is 5.13 Å². The number of nitrogens with zero attached hydrogens (tertiary/aromatic N) is 4. The number of Topliss-reactive ketones (excluding diaryl/α,β-unsaturated/α-hetero) is 1. The topological polar surface area (TPSA) is 106 Å². The minimum atomic E-state index is -0.929. The molecule has 1 N–H and O–H groups in total. The van der Waals surface area contributed by atoms with Crippen LogP contribution in [-0.2, 0) is 17.2 Å². The summed E-state index contributed by atoms with van der Waals surface area (Å²) in [4.78, 5) is 33.6. The normalized spacial score (nSPS) is 14.8. The van der Waals surface area contributed by atoms with E-state index in [0.717, 1.165) is 16.1 Å². The van der Waals surface area contributed by atoms with Crippen molar-refractivity contribution < 1.29 is 19.4 Å². The molecule has 1 aliphatic rings. The van der Waals surface area contributed by atoms with Gasteiger partial charge in [0.05, 0.1) is 27.2 Å². The molecule has 0 spiro atoms. The predicted molar refractivity (Wildman–Crippen MR) is 174 cm³/mol. The molecule has 0 saturated carbocycles. The molecule has 1 amide bonds. The van der Waals surface area contributed by atoms with Gasteiger partial charge in [-0.2, -0.15) is 0 Å². The van der Waals surface area contributed by atoms with Crippen molar-refractivity contribution in [1.82, 2.24) is 15.2 Å². The Bertz CT molecular complexity index is 1850. The SMILES string of the molecule is Cc1nc(C)c(C(=O)C2=C(O)C(=O)N(c3nnc(SCc4ccc(Cl)cc4)s3)C2c2ccc(OCc3ccccc3)cc2)s1. The lowest BCUT2D eigenvalue weighted by Crippen LogP contribution is -2.31. The summed E-state index contributed by atoms with van der Waals surface area (Å²) in [5.41, 5.74) is 3.22. The fourth-order valence-electron chi connectivity index (χ4n) is 4.79. The Balaban J connectivity index is 1.31. The highest BCUT2D eigenvalue weighted by molar-refractivity contribution is 8.00. The van der Waals surface area contributed by atoms with Gasteiger partial charge < -0.3 is 9.84 Å². The average Bonchev–Trinajstić information content (AvgIpc) is 3.71. The van der Waals surface area contributed by atoms with Gasteiger partial charge in [-0.1, -0.05) is 89.3 Å². The molecule has 0 fully saturated rings. The van der Waals surface area contributed by atoms with Crippen LogP contribution in [0.15, 0.2) is 94.5 Å². The average molecular weight is 661 g/mol. The first kappa shape index (κ1) is 30.0. The highest BCUT2D eigenvalue weighted by Crippen LogP contribution is 2.45. The van der Waals surface area contributed by atoms with Crippen molar-refractivity contribution in [2.45, 2.75) is 36.6 Å². The summed E-state index contributed by atoms with van der Waals surface area (Å²) in [6.07, 6.45) is 0. The number of rotatable bonds is 10. The number of thiazole rings is 1. The van der Waals surface area contributed by atoms with Crippen LogP contribution in [0.3, 0.4) is 0 Å². The molecular weight excluding hydrogens is 636 g/mol. The maximum absolute atomic E-state index is 13.9. The first-order valence-corrected chi connectivity index (χ1v) is 16.5. The van der Waals surface area contributed by atoms with Crippen molar-refractivity contribution in [1.29, 1.82) is 0 Å². The van der Waals surface area contributed by atoms with E-state index in [0.29, 0.717) is 43.6 Å². The zero-order chi connectivity index (χ0) is 30.8. The highest BCUT2D eigenvalue weighted by Gasteiger charge is 2.46. The number of amides is 1. The molecule has 12 heteroatoms. The first-order valence-electron chi connectivity index (χ1n) is 13.5. The second kappa shape index (κ2) is 12.9. The van der Waals surface area contributed by atoms with Gasteiger partial charge in [-0.05, 0) is 54.8 Å². The summed E-state index contributed by atoms with van der Waals surface area (Å²) in [7, 11) is 0. The molecule has 0 bridgehead atoms. The van der Waals surface area contributed by atoms with Crippen molar-refractivity contribution in [2.75, 3.05) is 4.90 Å². The smallest absolute Gasteiger partial charge is 0.296 e. The first-order chi connectivity index (χ1) is 21.3. The number of aliphatic hydroxyl groups excluding tert-OH is 1. The van der Waals surface area contributed by atoms with E-state index >= 15 is 0 Å². The summed E-state index contributed by atoms with van der Waals surface area (Å²) >= 11 is 9.92. The van der Waals surface area contributed by atoms with E-state index in [9.17, 15) is 14.7 Å². The number of halogens is 1. The van der Waals surface area contributed by atoms with Gasteiger partial charge in [-0.15, -0.1) is 21.5 Å². The van der Waals surface area contributed by atoms with Gasteiger partial charge in [-0.25, -0.2) is 4.98 Å². The summed E-state index contributed by atoms with van der Waals surface area (Å²) in [5.74, 6) is -0.518. The number of ether oxygens (including phenoxy) is 1. The maximum Gasteiger partial charge on any atom is 0.296 e. The van der Waals surface area contributed by atoms with E-state index in [1.165, 1.54) is 39.3 Å². The second-order valence-electron chi connectivity index (χ2n) is 9.93. The lowest BCUT2D eigenvalue weighted by atomic mass is 9.95. The van der Waals surface area contributed by atoms with Crippen molar-refractivity contribution in [3.05, 3.63) is 127 Å². The van der Waals surface area contributed by atoms with Crippen LogP contribution < -0.4 is 9.64 Å². The second-order valence-corrected chi connectivity index (χ2v) is 13.7. The molecular formula is C32H25ClN4O4S3. The molecule has 1 aliphatic heterocycles. The number of hydrogen-bond acceptors (Lipinski definition) is 10. The van der Waals surface area contributed by atoms with Crippen molar-refractivity contribution >= 4 is 62.9 Å². The largest absolute Gasteiger partial charge is 0.503 e. The number of hydrogen-bond donors (Lipinski definition) is 1. The van der Waals surface area contributed by atoms with Crippen molar-refractivity contribution in [3.8, 4) is 5.75 Å². The molecule has 2 aromatic heterocycles. The number of benzene rings is 3. The van der Waals surface area contributed by atoms with Gasteiger partial charge in [0.2, 0.25) is 10.9 Å². The number of carbonyl (C=O) groups is 2. The summed E-state index contributed by atoms with van der Waals surface area (Å²) < 4.78 is 6.59. The monoisotopic (exact) mass is 660 g/mol. The molecule has 3 heterocycles. The number of ketones is 1. The van der Waals surface area contributed by atoms with Crippen LogP contribution in [0, 0.1) is 13.8 Å². The molecule has 0 aliphatic carbocycles. The van der Waals surface area contributed by atoms with E-state index in [1.807, 2.05) is 61.5 Å². The van der Waals surface area contributed by atoms with Gasteiger partial charge in [0.1, 0.15) is 12.4 Å². The number of aryl methyl sites for hydroxylation is 2. The zero-order valence-corrected chi connectivity index (χ0v) is 26.8. The summed E-state index contributed by atoms with van der Waals surface area (Å²) in [6, 6.07) is 23.6. The standard InChI is InChI=1S/C32H25ClN4O4S3/c1-18-29(43-19(2)34-18)27(38)25-26(22-10-14-24(15-11-22)41-16-20-6-4-3-5-7-20)37(30(40)28(25)39)31-35-36-32(44-31)42-17-21-8-12-23(33)13-9-21/h3-15,26,39H,16-17H2,1-2H3. The van der Waals surface area contributed by atoms with E-state index in [4.69, 9.17) is 16.3 Å². The number of carbonyl (C=O) groups excluding carboxylic acids is 2. The molecule has 222 valence electrons. The number of aromatic nitrogens is 3. The van der Waals surface area contributed by atoms with E-state index in [1.54, 1.807) is 31.2 Å². The van der Waals surface area contributed by atoms with Gasteiger partial charge >= 0.3 is 0 Å². The molecule has 1 atom stereocenters. The number of aliphatic hydroxyl groups is 1. The number of anilines is 1. The lowest BCUT2D eigenvalue weighted by molar-refractivity contribution is -0.117. The van der Waals surface area contributed by atoms with Crippen LogP contribution in [0.1, 0.15) is 43.1 Å². The third kappa shape index (κ3) is 6.27. The summed E-state index contributed by atoms with van der Waals surface area (Å²) in [5, 5.41) is 21.4. The zero-order valence-electron chi connectivity index (χ0n) is 23.6. The van der Waals surface area contributed by atoms with Gasteiger partial charge in [0.25, 0.3) is 5.91 Å². The Morgan fingerprint density at radius 2 is 1.70 bits per heavy atom. The van der Waals surface area contributed by atoms with Crippen LogP contribution in [0.2, 0.25) is 5.02 Å². The van der Waals surface area contributed by atoms with Gasteiger partial charge in [-0.3, -0.25) is 14.5 Å². The lowest BCUT2D eigenvalue weighted by Gasteiger charge is -2.24. The predicted octanol–water partition coefficient (Wildman–Crippen LogP) is 7.92. The Morgan fingerprint density at radius 3 is 2.39 bits per heavy atom. The molecule has 5 aromatic rings. The van der Waals surface area contributed by atoms with E-state index < -0.39 is 23.5 Å². The van der Waals surface area contributed by atoms with Crippen molar-refractivity contribution in [3.63, 3.8) is 0 Å². The third-order valence-corrected chi connectivity index (χ3v) is 10.3. The van der Waals surface area contributed by atoms with Crippen molar-refractivity contribution in [2.24, 2.45) is 0 Å². The molecule has 8 nitrogen and oxygen atoms in total. The minimum Gasteiger partial charge on any atom is -0.503 e. The quantitative estimate of drug-likeness (QED) is 0.0915. The molecule has 0 radical (unpaired) electrons. The number of thioether (sulfide) groups is 1. The van der Waals surface area contributed by atoms with Gasteiger partial charge in [0.15, 0.2) is 10.1 Å².